The first-order chi connectivity index (χ1) is 8.74. The van der Waals surface area contributed by atoms with Gasteiger partial charge in [0.05, 0.1) is 6.10 Å². The zero-order valence-corrected chi connectivity index (χ0v) is 10.6. The highest BCUT2D eigenvalue weighted by molar-refractivity contribution is 5.55. The highest BCUT2D eigenvalue weighted by Crippen LogP contribution is 2.21. The normalized spacial score (nSPS) is 12.6. The van der Waals surface area contributed by atoms with Crippen LogP contribution in [-0.2, 0) is 11.3 Å². The molecule has 0 unspecified atom stereocenters. The van der Waals surface area contributed by atoms with E-state index in [0.29, 0.717) is 18.3 Å². The first kappa shape index (κ1) is 12.7. The first-order valence-corrected chi connectivity index (χ1v) is 5.98. The minimum absolute atomic E-state index is 0.0872. The number of nitrogens with zero attached hydrogens (tertiary/aromatic N) is 2. The maximum absolute atomic E-state index is 8.92. The predicted octanol–water partition coefficient (Wildman–Crippen LogP) is 2.06. The summed E-state index contributed by atoms with van der Waals surface area (Å²) in [5.41, 5.74) is 2.04. The highest BCUT2D eigenvalue weighted by atomic mass is 16.5. The maximum atomic E-state index is 8.92. The van der Waals surface area contributed by atoms with Crippen molar-refractivity contribution in [2.45, 2.75) is 26.6 Å². The van der Waals surface area contributed by atoms with E-state index in [1.54, 1.807) is 0 Å². The molecule has 1 aromatic heterocycles. The molecule has 96 valence electrons. The van der Waals surface area contributed by atoms with Crippen LogP contribution in [0.1, 0.15) is 31.3 Å². The number of nitrogens with one attached hydrogen (secondary N) is 1. The van der Waals surface area contributed by atoms with Crippen LogP contribution in [0, 0.1) is 0 Å². The number of aromatic nitrogens is 3. The Balaban J connectivity index is 2.16. The highest BCUT2D eigenvalue weighted by Gasteiger charge is 2.08. The molecule has 0 radical (unpaired) electrons. The van der Waals surface area contributed by atoms with Crippen molar-refractivity contribution < 1.29 is 9.84 Å². The number of hydrogen-bond acceptors (Lipinski definition) is 4. The molecular formula is C13H17N3O2. The Kier molecular flexibility index (Phi) is 4.07. The topological polar surface area (TPSA) is 71.0 Å². The molecule has 0 spiro atoms. The second-order valence-electron chi connectivity index (χ2n) is 3.98. The van der Waals surface area contributed by atoms with Crippen molar-refractivity contribution in [3.8, 4) is 11.4 Å². The molecule has 0 aliphatic heterocycles. The van der Waals surface area contributed by atoms with Crippen molar-refractivity contribution in [2.24, 2.45) is 0 Å². The lowest BCUT2D eigenvalue weighted by molar-refractivity contribution is 0.0764. The van der Waals surface area contributed by atoms with Gasteiger partial charge in [0.15, 0.2) is 11.6 Å². The Labute approximate surface area is 106 Å². The van der Waals surface area contributed by atoms with Crippen LogP contribution in [0.2, 0.25) is 0 Å². The van der Waals surface area contributed by atoms with Gasteiger partial charge < -0.3 is 9.84 Å². The smallest absolute Gasteiger partial charge is 0.181 e. The van der Waals surface area contributed by atoms with Gasteiger partial charge in [-0.1, -0.05) is 24.3 Å². The molecule has 0 bridgehead atoms. The van der Waals surface area contributed by atoms with Crippen molar-refractivity contribution in [1.29, 1.82) is 0 Å². The molecule has 5 nitrogen and oxygen atoms in total. The maximum Gasteiger partial charge on any atom is 0.181 e. The van der Waals surface area contributed by atoms with E-state index < -0.39 is 0 Å². The molecule has 2 rings (SSSR count). The van der Waals surface area contributed by atoms with Crippen LogP contribution in [0.5, 0.6) is 0 Å². The average Bonchev–Trinajstić information content (AvgIpc) is 2.88. The largest absolute Gasteiger partial charge is 0.388 e. The fourth-order valence-electron chi connectivity index (χ4n) is 1.74. The lowest BCUT2D eigenvalue weighted by atomic mass is 10.1. The molecule has 0 amide bonds. The zero-order chi connectivity index (χ0) is 13.0. The first-order valence-electron chi connectivity index (χ1n) is 5.98. The molecular weight excluding hydrogens is 230 g/mol. The zero-order valence-electron chi connectivity index (χ0n) is 10.6. The number of ether oxygens (including phenoxy) is 1. The van der Waals surface area contributed by atoms with Crippen LogP contribution in [0.25, 0.3) is 11.4 Å². The molecule has 1 heterocycles. The second kappa shape index (κ2) is 5.75. The minimum Gasteiger partial charge on any atom is -0.388 e. The second-order valence-corrected chi connectivity index (χ2v) is 3.98. The van der Waals surface area contributed by atoms with Crippen LogP contribution in [0.4, 0.5) is 0 Å². The lowest BCUT2D eigenvalue weighted by Gasteiger charge is -2.11. The van der Waals surface area contributed by atoms with Crippen molar-refractivity contribution in [1.82, 2.24) is 15.2 Å². The van der Waals surface area contributed by atoms with Gasteiger partial charge in [-0.05, 0) is 19.4 Å². The van der Waals surface area contributed by atoms with Gasteiger partial charge in [-0.2, -0.15) is 5.10 Å². The lowest BCUT2D eigenvalue weighted by Crippen LogP contribution is -1.99. The molecule has 2 aromatic rings. The van der Waals surface area contributed by atoms with Crippen LogP contribution >= 0.6 is 0 Å². The van der Waals surface area contributed by atoms with E-state index in [9.17, 15) is 0 Å². The van der Waals surface area contributed by atoms with E-state index >= 15 is 0 Å². The minimum atomic E-state index is -0.132. The summed E-state index contributed by atoms with van der Waals surface area (Å²) in [6, 6.07) is 7.92. The van der Waals surface area contributed by atoms with E-state index in [-0.39, 0.29) is 12.7 Å². The number of aliphatic hydroxyl groups excluding tert-OH is 1. The number of benzene rings is 1. The molecule has 5 heteroatoms. The molecule has 0 aliphatic rings. The monoisotopic (exact) mass is 247 g/mol. The van der Waals surface area contributed by atoms with Gasteiger partial charge >= 0.3 is 0 Å². The predicted molar refractivity (Wildman–Crippen MR) is 67.8 cm³/mol. The Morgan fingerprint density at radius 2 is 2.06 bits per heavy atom. The van der Waals surface area contributed by atoms with Gasteiger partial charge in [-0.25, -0.2) is 4.98 Å². The van der Waals surface area contributed by atoms with Gasteiger partial charge in [-0.15, -0.1) is 0 Å². The number of aromatic amines is 1. The van der Waals surface area contributed by atoms with Gasteiger partial charge in [0.1, 0.15) is 6.61 Å². The third kappa shape index (κ3) is 2.75. The SMILES string of the molecule is CCO[C@@H](C)c1ccc(-c2n[nH]c(CO)n2)cc1. The molecule has 2 N–H and O–H groups in total. The van der Waals surface area contributed by atoms with Crippen molar-refractivity contribution in [3.63, 3.8) is 0 Å². The van der Waals surface area contributed by atoms with Crippen LogP contribution < -0.4 is 0 Å². The van der Waals surface area contributed by atoms with Crippen molar-refractivity contribution >= 4 is 0 Å². The molecule has 0 aliphatic carbocycles. The fraction of sp³-hybridized carbons (Fsp3) is 0.385. The van der Waals surface area contributed by atoms with Crippen molar-refractivity contribution in [3.05, 3.63) is 35.7 Å². The summed E-state index contributed by atoms with van der Waals surface area (Å²) in [6.45, 7) is 4.57. The van der Waals surface area contributed by atoms with Crippen molar-refractivity contribution in [2.75, 3.05) is 6.61 Å². The molecule has 0 saturated heterocycles. The summed E-state index contributed by atoms with van der Waals surface area (Å²) < 4.78 is 5.52. The standard InChI is InChI=1S/C13H17N3O2/c1-3-18-9(2)10-4-6-11(7-5-10)13-14-12(8-17)15-16-13/h4-7,9,17H,3,8H2,1-2H3,(H,14,15,16)/t9-/m0/s1. The third-order valence-corrected chi connectivity index (χ3v) is 2.74. The summed E-state index contributed by atoms with van der Waals surface area (Å²) in [6.07, 6.45) is 0.0872. The molecule has 1 aromatic carbocycles. The Morgan fingerprint density at radius 3 is 2.61 bits per heavy atom. The van der Waals surface area contributed by atoms with Crippen LogP contribution in [0.15, 0.2) is 24.3 Å². The van der Waals surface area contributed by atoms with Gasteiger partial charge in [0.25, 0.3) is 0 Å². The Bertz CT molecular complexity index is 493. The van der Waals surface area contributed by atoms with Gasteiger partial charge in [0.2, 0.25) is 0 Å². The summed E-state index contributed by atoms with van der Waals surface area (Å²) in [4.78, 5) is 4.16. The Hall–Kier alpha value is -1.72. The summed E-state index contributed by atoms with van der Waals surface area (Å²) in [7, 11) is 0. The number of rotatable bonds is 5. The molecule has 18 heavy (non-hydrogen) atoms. The average molecular weight is 247 g/mol. The Morgan fingerprint density at radius 1 is 1.33 bits per heavy atom. The quantitative estimate of drug-likeness (QED) is 0.848. The summed E-state index contributed by atoms with van der Waals surface area (Å²) in [5.74, 6) is 1.06. The van der Waals surface area contributed by atoms with E-state index in [1.807, 2.05) is 38.1 Å². The summed E-state index contributed by atoms with van der Waals surface area (Å²) >= 11 is 0. The van der Waals surface area contributed by atoms with Gasteiger partial charge in [0, 0.05) is 12.2 Å². The van der Waals surface area contributed by atoms with E-state index in [2.05, 4.69) is 15.2 Å². The number of aliphatic hydroxyl groups is 1. The van der Waals surface area contributed by atoms with E-state index in [4.69, 9.17) is 9.84 Å². The number of H-pyrrole nitrogens is 1. The fourth-order valence-corrected chi connectivity index (χ4v) is 1.74. The molecule has 0 saturated carbocycles. The molecule has 1 atom stereocenters. The van der Waals surface area contributed by atoms with Crippen LogP contribution in [0.3, 0.4) is 0 Å². The van der Waals surface area contributed by atoms with E-state index in [0.717, 1.165) is 11.1 Å². The van der Waals surface area contributed by atoms with Crippen LogP contribution in [-0.4, -0.2) is 26.9 Å². The number of hydrogen-bond donors (Lipinski definition) is 2. The molecule has 0 fully saturated rings. The van der Waals surface area contributed by atoms with Gasteiger partial charge in [-0.3, -0.25) is 5.10 Å². The summed E-state index contributed by atoms with van der Waals surface area (Å²) in [5, 5.41) is 15.6. The van der Waals surface area contributed by atoms with E-state index in [1.165, 1.54) is 0 Å². The third-order valence-electron chi connectivity index (χ3n) is 2.74.